The Balaban J connectivity index is 1.17. The first-order valence-corrected chi connectivity index (χ1v) is 14.3. The van der Waals surface area contributed by atoms with Gasteiger partial charge in [-0.2, -0.15) is 14.9 Å². The summed E-state index contributed by atoms with van der Waals surface area (Å²) in [7, 11) is 0. The summed E-state index contributed by atoms with van der Waals surface area (Å²) in [5.74, 6) is 1.31. The van der Waals surface area contributed by atoms with E-state index in [0.29, 0.717) is 33.5 Å². The molecule has 9 nitrogen and oxygen atoms in total. The van der Waals surface area contributed by atoms with Gasteiger partial charge in [0, 0.05) is 10.6 Å². The third kappa shape index (κ3) is 7.62. The summed E-state index contributed by atoms with van der Waals surface area (Å²) in [5, 5.41) is 9.12. The molecule has 1 N–H and O–H groups in total. The standard InChI is InChI=1S/C32H24Cl3N5O4/c1-20(38-39-29-16-36-40(32(42)31(29)35)30-14-9-23(33)15-28(30)34)22-7-12-27(13-8-22)44-19-25-4-2-3-24(37-25)18-43-26-10-5-21(17-41)6-11-26/h2-17,39H,18-19H2,1H3. The summed E-state index contributed by atoms with van der Waals surface area (Å²) < 4.78 is 12.8. The summed E-state index contributed by atoms with van der Waals surface area (Å²) in [5.41, 5.74) is 6.41. The summed E-state index contributed by atoms with van der Waals surface area (Å²) in [4.78, 5) is 28.2. The molecule has 5 rings (SSSR count). The fourth-order valence-corrected chi connectivity index (χ4v) is 4.64. The van der Waals surface area contributed by atoms with E-state index in [1.807, 2.05) is 49.4 Å². The van der Waals surface area contributed by atoms with Gasteiger partial charge in [-0.05, 0) is 91.3 Å². The predicted molar refractivity (Wildman–Crippen MR) is 172 cm³/mol. The second-order valence-corrected chi connectivity index (χ2v) is 10.6. The Morgan fingerprint density at radius 2 is 1.55 bits per heavy atom. The maximum atomic E-state index is 12.8. The Kier molecular flexibility index (Phi) is 9.91. The molecule has 12 heteroatoms. The lowest BCUT2D eigenvalue weighted by molar-refractivity contribution is 0.112. The molecule has 5 aromatic rings. The van der Waals surface area contributed by atoms with Gasteiger partial charge < -0.3 is 9.47 Å². The smallest absolute Gasteiger partial charge is 0.292 e. The summed E-state index contributed by atoms with van der Waals surface area (Å²) in [6, 6.07) is 24.6. The number of hydrazone groups is 1. The molecule has 0 fully saturated rings. The van der Waals surface area contributed by atoms with Crippen LogP contribution in [-0.2, 0) is 13.2 Å². The van der Waals surface area contributed by atoms with Crippen molar-refractivity contribution < 1.29 is 14.3 Å². The highest BCUT2D eigenvalue weighted by atomic mass is 35.5. The highest BCUT2D eigenvalue weighted by Crippen LogP contribution is 2.24. The zero-order valence-electron chi connectivity index (χ0n) is 23.2. The predicted octanol–water partition coefficient (Wildman–Crippen LogP) is 7.39. The molecule has 2 heterocycles. The normalized spacial score (nSPS) is 11.2. The molecule has 0 saturated heterocycles. The Hall–Kier alpha value is -4.70. The van der Waals surface area contributed by atoms with Crippen molar-refractivity contribution in [1.29, 1.82) is 0 Å². The number of carbonyl (C=O) groups excluding carboxylic acids is 1. The Morgan fingerprint density at radius 1 is 0.909 bits per heavy atom. The van der Waals surface area contributed by atoms with Crippen LogP contribution in [0.15, 0.2) is 101 Å². The minimum absolute atomic E-state index is 0.0937. The fraction of sp³-hybridized carbons (Fsp3) is 0.0938. The average Bonchev–Trinajstić information content (AvgIpc) is 3.04. The largest absolute Gasteiger partial charge is 0.487 e. The van der Waals surface area contributed by atoms with E-state index in [-0.39, 0.29) is 28.9 Å². The third-order valence-corrected chi connectivity index (χ3v) is 7.23. The van der Waals surface area contributed by atoms with Gasteiger partial charge in [-0.25, -0.2) is 0 Å². The van der Waals surface area contributed by atoms with Crippen LogP contribution in [0.2, 0.25) is 15.1 Å². The lowest BCUT2D eigenvalue weighted by Crippen LogP contribution is -2.22. The molecular weight excluding hydrogens is 625 g/mol. The summed E-state index contributed by atoms with van der Waals surface area (Å²) >= 11 is 18.5. The van der Waals surface area contributed by atoms with Crippen LogP contribution in [0.3, 0.4) is 0 Å². The molecule has 0 aliphatic rings. The zero-order valence-corrected chi connectivity index (χ0v) is 25.5. The quantitative estimate of drug-likeness (QED) is 0.0904. The van der Waals surface area contributed by atoms with E-state index in [2.05, 4.69) is 20.6 Å². The van der Waals surface area contributed by atoms with Crippen LogP contribution in [0, 0.1) is 0 Å². The third-order valence-electron chi connectivity index (χ3n) is 6.33. The lowest BCUT2D eigenvalue weighted by atomic mass is 10.1. The van der Waals surface area contributed by atoms with Gasteiger partial charge in [0.2, 0.25) is 0 Å². The molecule has 44 heavy (non-hydrogen) atoms. The van der Waals surface area contributed by atoms with Crippen LogP contribution in [0.4, 0.5) is 5.69 Å². The molecule has 0 amide bonds. The number of aromatic nitrogens is 3. The highest BCUT2D eigenvalue weighted by Gasteiger charge is 2.13. The number of aldehydes is 1. The fourth-order valence-electron chi connectivity index (χ4n) is 3.98. The van der Waals surface area contributed by atoms with E-state index in [0.717, 1.165) is 27.9 Å². The molecule has 0 aliphatic carbocycles. The monoisotopic (exact) mass is 647 g/mol. The van der Waals surface area contributed by atoms with E-state index < -0.39 is 5.56 Å². The average molecular weight is 649 g/mol. The van der Waals surface area contributed by atoms with E-state index in [4.69, 9.17) is 44.3 Å². The van der Waals surface area contributed by atoms with Crippen molar-refractivity contribution in [3.8, 4) is 17.2 Å². The van der Waals surface area contributed by atoms with Crippen molar-refractivity contribution in [2.45, 2.75) is 20.1 Å². The molecule has 0 atom stereocenters. The van der Waals surface area contributed by atoms with Gasteiger partial charge in [0.25, 0.3) is 5.56 Å². The minimum Gasteiger partial charge on any atom is -0.487 e. The van der Waals surface area contributed by atoms with E-state index in [1.54, 1.807) is 36.4 Å². The van der Waals surface area contributed by atoms with Gasteiger partial charge in [-0.15, -0.1) is 0 Å². The second kappa shape index (κ2) is 14.2. The molecule has 0 aliphatic heterocycles. The molecule has 2 aromatic heterocycles. The van der Waals surface area contributed by atoms with Gasteiger partial charge in [-0.3, -0.25) is 20.0 Å². The molecular formula is C32H24Cl3N5O4. The maximum absolute atomic E-state index is 12.8. The number of pyridine rings is 1. The first-order chi connectivity index (χ1) is 21.3. The SMILES string of the molecule is CC(=NNc1cnn(-c2ccc(Cl)cc2Cl)c(=O)c1Cl)c1ccc(OCc2cccc(COc3ccc(C=O)cc3)n2)cc1. The number of rotatable bonds is 11. The van der Waals surface area contributed by atoms with Gasteiger partial charge in [0.15, 0.2) is 0 Å². The van der Waals surface area contributed by atoms with Crippen molar-refractivity contribution in [2.75, 3.05) is 5.43 Å². The molecule has 0 saturated carbocycles. The van der Waals surface area contributed by atoms with Crippen LogP contribution < -0.4 is 20.5 Å². The number of ether oxygens (including phenoxy) is 2. The number of anilines is 1. The number of halogens is 3. The van der Waals surface area contributed by atoms with Gasteiger partial charge in [0.05, 0.1) is 34.0 Å². The van der Waals surface area contributed by atoms with Crippen LogP contribution >= 0.6 is 34.8 Å². The second-order valence-electron chi connectivity index (χ2n) is 9.40. The lowest BCUT2D eigenvalue weighted by Gasteiger charge is -2.10. The van der Waals surface area contributed by atoms with Crippen molar-refractivity contribution >= 4 is 52.5 Å². The van der Waals surface area contributed by atoms with Crippen LogP contribution in [0.25, 0.3) is 5.69 Å². The van der Waals surface area contributed by atoms with Crippen molar-refractivity contribution in [3.05, 3.63) is 139 Å². The molecule has 0 unspecified atom stereocenters. The van der Waals surface area contributed by atoms with Crippen molar-refractivity contribution in [3.63, 3.8) is 0 Å². The Labute approximate surface area is 267 Å². The molecule has 0 radical (unpaired) electrons. The van der Waals surface area contributed by atoms with Crippen molar-refractivity contribution in [1.82, 2.24) is 14.8 Å². The molecule has 0 bridgehead atoms. The van der Waals surface area contributed by atoms with Gasteiger partial charge >= 0.3 is 0 Å². The zero-order chi connectivity index (χ0) is 31.1. The minimum atomic E-state index is -0.562. The maximum Gasteiger partial charge on any atom is 0.292 e. The van der Waals surface area contributed by atoms with Gasteiger partial charge in [0.1, 0.15) is 41.7 Å². The van der Waals surface area contributed by atoms with Crippen molar-refractivity contribution in [2.24, 2.45) is 5.10 Å². The molecule has 222 valence electrons. The van der Waals surface area contributed by atoms with Crippen LogP contribution in [0.5, 0.6) is 11.5 Å². The number of carbonyl (C=O) groups is 1. The number of nitrogens with zero attached hydrogens (tertiary/aromatic N) is 4. The first-order valence-electron chi connectivity index (χ1n) is 13.2. The number of hydrogen-bond donors (Lipinski definition) is 1. The van der Waals surface area contributed by atoms with Crippen LogP contribution in [-0.4, -0.2) is 26.8 Å². The highest BCUT2D eigenvalue weighted by molar-refractivity contribution is 6.36. The summed E-state index contributed by atoms with van der Waals surface area (Å²) in [6.45, 7) is 2.37. The Bertz CT molecular complexity index is 1880. The molecule has 3 aromatic carbocycles. The first kappa shape index (κ1) is 30.7. The number of nitrogens with one attached hydrogen (secondary N) is 1. The van der Waals surface area contributed by atoms with Gasteiger partial charge in [-0.1, -0.05) is 40.9 Å². The topological polar surface area (TPSA) is 108 Å². The Morgan fingerprint density at radius 3 is 2.16 bits per heavy atom. The van der Waals surface area contributed by atoms with E-state index in [1.165, 1.54) is 12.3 Å². The van der Waals surface area contributed by atoms with E-state index in [9.17, 15) is 9.59 Å². The number of hydrogen-bond acceptors (Lipinski definition) is 8. The van der Waals surface area contributed by atoms with E-state index >= 15 is 0 Å². The summed E-state index contributed by atoms with van der Waals surface area (Å²) in [6.07, 6.45) is 2.18. The molecule has 0 spiro atoms. The van der Waals surface area contributed by atoms with Crippen LogP contribution in [0.1, 0.15) is 34.2 Å². The number of benzene rings is 3.